The number of aliphatic hydroxyl groups is 1. The van der Waals surface area contributed by atoms with Gasteiger partial charge in [-0.15, -0.1) is 0 Å². The Morgan fingerprint density at radius 1 is 1.14 bits per heavy atom. The van der Waals surface area contributed by atoms with Gasteiger partial charge in [-0.2, -0.15) is 5.10 Å². The first-order valence-corrected chi connectivity index (χ1v) is 10.2. The number of ether oxygens (including phenoxy) is 1. The summed E-state index contributed by atoms with van der Waals surface area (Å²) in [5, 5.41) is 29.9. The molecule has 11 nitrogen and oxygen atoms in total. The van der Waals surface area contributed by atoms with Crippen molar-refractivity contribution in [3.8, 4) is 5.75 Å². The highest BCUT2D eigenvalue weighted by atomic mass is 35.5. The molecule has 35 heavy (non-hydrogen) atoms. The normalized spacial score (nSPS) is 12.5. The quantitative estimate of drug-likeness (QED) is 0.289. The molecule has 14 heteroatoms. The largest absolute Gasteiger partial charge is 0.490 e. The lowest BCUT2D eigenvalue weighted by atomic mass is 9.98. The second-order valence-corrected chi connectivity index (χ2v) is 7.61. The molecule has 0 aliphatic carbocycles. The number of pyridine rings is 1. The average molecular weight is 510 g/mol. The summed E-state index contributed by atoms with van der Waals surface area (Å²) in [5.74, 6) is -5.83. The second-order valence-electron chi connectivity index (χ2n) is 7.20. The van der Waals surface area contributed by atoms with Gasteiger partial charge in [0.1, 0.15) is 5.69 Å². The molecule has 0 aliphatic heterocycles. The number of aromatic nitrogens is 3. The van der Waals surface area contributed by atoms with Gasteiger partial charge in [-0.1, -0.05) is 11.6 Å². The van der Waals surface area contributed by atoms with Crippen LogP contribution in [0.4, 0.5) is 20.4 Å². The van der Waals surface area contributed by atoms with Gasteiger partial charge in [-0.25, -0.2) is 18.6 Å². The Kier molecular flexibility index (Phi) is 7.31. The fraction of sp³-hybridized carbons (Fsp3) is 0.190. The summed E-state index contributed by atoms with van der Waals surface area (Å²) in [4.78, 5) is 40.2. The van der Waals surface area contributed by atoms with E-state index < -0.39 is 35.0 Å². The van der Waals surface area contributed by atoms with E-state index in [4.69, 9.17) is 16.3 Å². The Balaban J connectivity index is 1.77. The minimum atomic E-state index is -2.24. The fourth-order valence-electron chi connectivity index (χ4n) is 2.75. The molecule has 0 radical (unpaired) electrons. The molecule has 0 saturated heterocycles. The van der Waals surface area contributed by atoms with Crippen molar-refractivity contribution in [3.63, 3.8) is 0 Å². The van der Waals surface area contributed by atoms with Gasteiger partial charge in [0.2, 0.25) is 0 Å². The van der Waals surface area contributed by atoms with Crippen molar-refractivity contribution in [2.24, 2.45) is 0 Å². The molecule has 0 saturated carbocycles. The van der Waals surface area contributed by atoms with Gasteiger partial charge in [0.25, 0.3) is 11.8 Å². The van der Waals surface area contributed by atoms with Gasteiger partial charge < -0.3 is 25.6 Å². The first-order valence-electron chi connectivity index (χ1n) is 9.85. The molecule has 2 amide bonds. The summed E-state index contributed by atoms with van der Waals surface area (Å²) in [7, 11) is 0. The minimum absolute atomic E-state index is 0.000829. The number of hydrogen-bond acceptors (Lipinski definition) is 7. The molecule has 0 aliphatic rings. The molecule has 0 fully saturated rings. The molecular weight excluding hydrogens is 492 g/mol. The minimum Gasteiger partial charge on any atom is -0.490 e. The molecule has 3 rings (SSSR count). The maximum Gasteiger partial charge on any atom is 0.340 e. The zero-order valence-electron chi connectivity index (χ0n) is 18.1. The van der Waals surface area contributed by atoms with Crippen LogP contribution in [0.5, 0.6) is 5.75 Å². The Bertz CT molecular complexity index is 1310. The molecule has 0 spiro atoms. The van der Waals surface area contributed by atoms with E-state index in [1.54, 1.807) is 6.92 Å². The van der Waals surface area contributed by atoms with Crippen LogP contribution in [0.1, 0.15) is 40.3 Å². The van der Waals surface area contributed by atoms with Crippen molar-refractivity contribution >= 4 is 41.0 Å². The number of carbonyl (C=O) groups is 3. The molecule has 3 aromatic rings. The third kappa shape index (κ3) is 5.53. The number of carbonyl (C=O) groups excluding carboxylic acids is 2. The number of carboxylic acids is 1. The zero-order chi connectivity index (χ0) is 25.9. The highest BCUT2D eigenvalue weighted by molar-refractivity contribution is 6.34. The van der Waals surface area contributed by atoms with Crippen molar-refractivity contribution in [1.82, 2.24) is 15.2 Å². The molecule has 1 unspecified atom stereocenters. The van der Waals surface area contributed by atoms with E-state index in [2.05, 4.69) is 25.8 Å². The molecule has 0 bridgehead atoms. The van der Waals surface area contributed by atoms with Gasteiger partial charge in [-0.05, 0) is 32.0 Å². The maximum absolute atomic E-state index is 13.4. The van der Waals surface area contributed by atoms with Crippen LogP contribution in [0, 0.1) is 11.6 Å². The smallest absolute Gasteiger partial charge is 0.340 e. The number of anilines is 2. The third-order valence-corrected chi connectivity index (χ3v) is 4.99. The number of aromatic amines is 1. The van der Waals surface area contributed by atoms with E-state index in [0.717, 1.165) is 19.2 Å². The van der Waals surface area contributed by atoms with Crippen LogP contribution in [-0.4, -0.2) is 49.8 Å². The summed E-state index contributed by atoms with van der Waals surface area (Å²) in [5.41, 5.74) is -2.78. The molecule has 1 atom stereocenters. The fourth-order valence-corrected chi connectivity index (χ4v) is 2.99. The van der Waals surface area contributed by atoms with Gasteiger partial charge >= 0.3 is 5.97 Å². The molecule has 1 aromatic carbocycles. The Morgan fingerprint density at radius 3 is 2.49 bits per heavy atom. The summed E-state index contributed by atoms with van der Waals surface area (Å²) >= 11 is 5.78. The first kappa shape index (κ1) is 25.5. The molecular formula is C21H18ClF2N5O6. The SMILES string of the molecule is CCOc1cc(C(C)(O)C(=O)O)cnc1NC(=O)c1cc(NC(=O)c2cc(F)c(F)cc2Cl)n[nH]1. The predicted octanol–water partition coefficient (Wildman–Crippen LogP) is 2.93. The van der Waals surface area contributed by atoms with Crippen LogP contribution in [0.25, 0.3) is 0 Å². The number of H-pyrrole nitrogens is 1. The lowest BCUT2D eigenvalue weighted by Crippen LogP contribution is -2.32. The average Bonchev–Trinajstić information content (AvgIpc) is 3.25. The lowest BCUT2D eigenvalue weighted by Gasteiger charge is -2.20. The summed E-state index contributed by atoms with van der Waals surface area (Å²) in [6.45, 7) is 2.86. The number of nitrogens with one attached hydrogen (secondary N) is 3. The number of amides is 2. The number of aliphatic carboxylic acids is 1. The van der Waals surface area contributed by atoms with E-state index in [9.17, 15) is 33.4 Å². The number of halogens is 3. The van der Waals surface area contributed by atoms with E-state index in [1.807, 2.05) is 0 Å². The zero-order valence-corrected chi connectivity index (χ0v) is 18.9. The maximum atomic E-state index is 13.4. The Hall–Kier alpha value is -4.10. The van der Waals surface area contributed by atoms with E-state index >= 15 is 0 Å². The van der Waals surface area contributed by atoms with E-state index in [0.29, 0.717) is 12.1 Å². The topological polar surface area (TPSA) is 167 Å². The van der Waals surface area contributed by atoms with Crippen molar-refractivity contribution in [2.45, 2.75) is 19.4 Å². The highest BCUT2D eigenvalue weighted by Gasteiger charge is 2.33. The van der Waals surface area contributed by atoms with Crippen molar-refractivity contribution < 1.29 is 38.1 Å². The van der Waals surface area contributed by atoms with Gasteiger partial charge in [0, 0.05) is 17.8 Å². The number of hydrogen-bond donors (Lipinski definition) is 5. The Labute approximate surface area is 201 Å². The molecule has 184 valence electrons. The standard InChI is InChI=1S/C21H18ClF2N5O6/c1-3-35-15-4-9(21(2,34)20(32)33)8-25-17(15)27-19(31)14-7-16(29-28-14)26-18(30)10-5-12(23)13(24)6-11(10)22/h4-8,34H,3H2,1-2H3,(H,32,33)(H,25,27,31)(H2,26,28,29,30). The van der Waals surface area contributed by atoms with Crippen molar-refractivity contribution in [2.75, 3.05) is 17.2 Å². The first-order chi connectivity index (χ1) is 16.4. The van der Waals surface area contributed by atoms with E-state index in [1.165, 1.54) is 6.07 Å². The van der Waals surface area contributed by atoms with Crippen LogP contribution >= 0.6 is 11.6 Å². The van der Waals surface area contributed by atoms with Crippen LogP contribution < -0.4 is 15.4 Å². The number of rotatable bonds is 8. The monoisotopic (exact) mass is 509 g/mol. The summed E-state index contributed by atoms with van der Waals surface area (Å²) < 4.78 is 32.0. The lowest BCUT2D eigenvalue weighted by molar-refractivity contribution is -0.157. The van der Waals surface area contributed by atoms with Crippen LogP contribution in [0.2, 0.25) is 5.02 Å². The number of carboxylic acid groups (broad SMARTS) is 1. The summed E-state index contributed by atoms with van der Waals surface area (Å²) in [6.07, 6.45) is 1.07. The van der Waals surface area contributed by atoms with Crippen LogP contribution in [0.15, 0.2) is 30.5 Å². The van der Waals surface area contributed by atoms with Gasteiger partial charge in [0.15, 0.2) is 34.6 Å². The van der Waals surface area contributed by atoms with Crippen LogP contribution in [0.3, 0.4) is 0 Å². The highest BCUT2D eigenvalue weighted by Crippen LogP contribution is 2.29. The van der Waals surface area contributed by atoms with Gasteiger partial charge in [0.05, 0.1) is 17.2 Å². The van der Waals surface area contributed by atoms with E-state index in [-0.39, 0.29) is 45.8 Å². The molecule has 5 N–H and O–H groups in total. The molecule has 2 aromatic heterocycles. The third-order valence-electron chi connectivity index (χ3n) is 4.68. The van der Waals surface area contributed by atoms with Crippen LogP contribution in [-0.2, 0) is 10.4 Å². The van der Waals surface area contributed by atoms with Gasteiger partial charge in [-0.3, -0.25) is 14.7 Å². The van der Waals surface area contributed by atoms with Crippen molar-refractivity contribution in [3.05, 3.63) is 63.9 Å². The Morgan fingerprint density at radius 2 is 1.83 bits per heavy atom. The number of benzene rings is 1. The summed E-state index contributed by atoms with van der Waals surface area (Å²) in [6, 6.07) is 3.66. The van der Waals surface area contributed by atoms with Crippen molar-refractivity contribution in [1.29, 1.82) is 0 Å². The second kappa shape index (κ2) is 10.0. The number of nitrogens with zero attached hydrogens (tertiary/aromatic N) is 2. The predicted molar refractivity (Wildman–Crippen MR) is 118 cm³/mol. The molecule has 2 heterocycles.